The lowest BCUT2D eigenvalue weighted by molar-refractivity contribution is -0.138. The highest BCUT2D eigenvalue weighted by atomic mass is 16.5. The van der Waals surface area contributed by atoms with E-state index in [0.717, 1.165) is 11.1 Å². The smallest absolute Gasteiger partial charge is 0.320 e. The predicted molar refractivity (Wildman–Crippen MR) is 98.7 cm³/mol. The summed E-state index contributed by atoms with van der Waals surface area (Å²) in [6, 6.07) is 17.7. The Hall–Kier alpha value is -3.03. The Morgan fingerprint density at radius 1 is 0.926 bits per heavy atom. The molecule has 0 spiro atoms. The fourth-order valence-corrected chi connectivity index (χ4v) is 2.46. The monoisotopic (exact) mass is 370 g/mol. The van der Waals surface area contributed by atoms with Gasteiger partial charge in [-0.1, -0.05) is 60.7 Å². The Morgan fingerprint density at radius 3 is 1.93 bits per heavy atom. The first-order valence-electron chi connectivity index (χ1n) is 8.50. The van der Waals surface area contributed by atoms with E-state index in [-0.39, 0.29) is 19.4 Å². The maximum Gasteiger partial charge on any atom is 0.320 e. The second-order valence-corrected chi connectivity index (χ2v) is 5.97. The van der Waals surface area contributed by atoms with E-state index in [4.69, 9.17) is 15.6 Å². The van der Waals surface area contributed by atoms with E-state index in [0.29, 0.717) is 0 Å². The zero-order valence-electron chi connectivity index (χ0n) is 14.7. The van der Waals surface area contributed by atoms with E-state index in [2.05, 4.69) is 5.32 Å². The van der Waals surface area contributed by atoms with Crippen molar-refractivity contribution in [3.05, 3.63) is 71.8 Å². The molecule has 2 amide bonds. The van der Waals surface area contributed by atoms with Crippen molar-refractivity contribution in [2.45, 2.75) is 25.0 Å². The average molecular weight is 370 g/mol. The summed E-state index contributed by atoms with van der Waals surface area (Å²) in [4.78, 5) is 34.4. The molecule has 4 N–H and O–H groups in total. The van der Waals surface area contributed by atoms with E-state index < -0.39 is 29.9 Å². The largest absolute Gasteiger partial charge is 0.480 e. The molecular formula is C20H22N2O5. The summed E-state index contributed by atoms with van der Waals surface area (Å²) in [5, 5.41) is 10.9. The number of hydrogen-bond acceptors (Lipinski definition) is 5. The number of carbonyl (C=O) groups excluding carboxylic acids is 2. The second kappa shape index (κ2) is 10.2. The number of benzene rings is 2. The summed E-state index contributed by atoms with van der Waals surface area (Å²) in [6.45, 7) is -0.314. The van der Waals surface area contributed by atoms with Gasteiger partial charge in [-0.2, -0.15) is 0 Å². The summed E-state index contributed by atoms with van der Waals surface area (Å²) in [7, 11) is 0. The molecule has 2 aromatic rings. The van der Waals surface area contributed by atoms with Crippen LogP contribution in [0.2, 0.25) is 0 Å². The van der Waals surface area contributed by atoms with Crippen LogP contribution in [0.3, 0.4) is 0 Å². The van der Waals surface area contributed by atoms with Gasteiger partial charge in [-0.05, 0) is 17.5 Å². The fourth-order valence-electron chi connectivity index (χ4n) is 2.46. The van der Waals surface area contributed by atoms with Crippen LogP contribution >= 0.6 is 0 Å². The normalized spacial score (nSPS) is 11.8. The molecule has 7 heteroatoms. The molecule has 0 radical (unpaired) electrons. The van der Waals surface area contributed by atoms with Crippen molar-refractivity contribution >= 4 is 17.8 Å². The van der Waals surface area contributed by atoms with Gasteiger partial charge in [-0.25, -0.2) is 0 Å². The molecule has 0 aliphatic heterocycles. The lowest BCUT2D eigenvalue weighted by atomic mass is 10.0. The zero-order valence-corrected chi connectivity index (χ0v) is 14.7. The van der Waals surface area contributed by atoms with E-state index >= 15 is 0 Å². The molecule has 1 unspecified atom stereocenters. The number of amides is 2. The van der Waals surface area contributed by atoms with Crippen molar-refractivity contribution < 1.29 is 24.2 Å². The van der Waals surface area contributed by atoms with Gasteiger partial charge in [0.25, 0.3) is 5.91 Å². The number of aliphatic carboxylic acids is 1. The van der Waals surface area contributed by atoms with Gasteiger partial charge in [0.2, 0.25) is 5.91 Å². The number of carboxylic acids is 1. The van der Waals surface area contributed by atoms with Gasteiger partial charge < -0.3 is 15.6 Å². The summed E-state index contributed by atoms with van der Waals surface area (Å²) in [6.07, 6.45) is -0.653. The van der Waals surface area contributed by atoms with Gasteiger partial charge in [0.1, 0.15) is 18.8 Å². The molecular weight excluding hydrogens is 348 g/mol. The molecule has 27 heavy (non-hydrogen) atoms. The Labute approximate surface area is 157 Å². The van der Waals surface area contributed by atoms with Crippen LogP contribution in [-0.2, 0) is 19.1 Å². The summed E-state index contributed by atoms with van der Waals surface area (Å²) in [5.74, 6) is -2.37. The zero-order chi connectivity index (χ0) is 19.6. The van der Waals surface area contributed by atoms with Gasteiger partial charge in [-0.15, -0.1) is 0 Å². The van der Waals surface area contributed by atoms with Gasteiger partial charge in [0.05, 0.1) is 0 Å². The Kier molecular flexibility index (Phi) is 7.66. The highest BCUT2D eigenvalue weighted by molar-refractivity contribution is 5.95. The summed E-state index contributed by atoms with van der Waals surface area (Å²) in [5.41, 5.74) is 7.10. The van der Waals surface area contributed by atoms with Crippen molar-refractivity contribution in [1.29, 1.82) is 0 Å². The maximum absolute atomic E-state index is 12.0. The van der Waals surface area contributed by atoms with Crippen LogP contribution in [-0.4, -0.2) is 35.5 Å². The molecule has 142 valence electrons. The molecule has 0 saturated carbocycles. The maximum atomic E-state index is 12.0. The van der Waals surface area contributed by atoms with Crippen molar-refractivity contribution in [1.82, 2.24) is 5.32 Å². The van der Waals surface area contributed by atoms with Gasteiger partial charge >= 0.3 is 5.97 Å². The molecule has 0 aromatic heterocycles. The lowest BCUT2D eigenvalue weighted by Gasteiger charge is -2.18. The van der Waals surface area contributed by atoms with E-state index in [9.17, 15) is 14.4 Å². The number of carboxylic acid groups (broad SMARTS) is 1. The first kappa shape index (κ1) is 20.3. The molecule has 1 atom stereocenters. The fraction of sp³-hybridized carbons (Fsp3) is 0.250. The molecule has 0 fully saturated rings. The van der Waals surface area contributed by atoms with Crippen LogP contribution in [0.15, 0.2) is 60.7 Å². The molecule has 0 aliphatic rings. The van der Waals surface area contributed by atoms with E-state index in [1.807, 2.05) is 60.7 Å². The molecule has 0 bridgehead atoms. The number of nitrogens with two attached hydrogens (primary N) is 1. The third-order valence-corrected chi connectivity index (χ3v) is 3.86. The van der Waals surface area contributed by atoms with Crippen LogP contribution in [0.25, 0.3) is 0 Å². The van der Waals surface area contributed by atoms with Crippen LogP contribution in [0, 0.1) is 0 Å². The Balaban J connectivity index is 1.92. The topological polar surface area (TPSA) is 119 Å². The number of ether oxygens (including phenoxy) is 1. The number of carbonyl (C=O) groups is 3. The molecule has 2 rings (SSSR count). The highest BCUT2D eigenvalue weighted by Crippen LogP contribution is 2.25. The number of nitrogens with one attached hydrogen (secondary N) is 1. The number of imide groups is 1. The lowest BCUT2D eigenvalue weighted by Crippen LogP contribution is -2.36. The standard InChI is InChI=1S/C20H22N2O5/c21-16(20(25)26)11-12-17(23)22-18(24)13-27-19(14-7-3-1-4-8-14)15-9-5-2-6-10-15/h1-10,16,19H,11-13,21H2,(H,25,26)(H,22,23,24). The van der Waals surface area contributed by atoms with Crippen LogP contribution in [0.5, 0.6) is 0 Å². The molecule has 7 nitrogen and oxygen atoms in total. The third-order valence-electron chi connectivity index (χ3n) is 3.86. The van der Waals surface area contributed by atoms with Gasteiger partial charge in [0, 0.05) is 6.42 Å². The van der Waals surface area contributed by atoms with E-state index in [1.165, 1.54) is 0 Å². The predicted octanol–water partition coefficient (Wildman–Crippen LogP) is 1.63. The molecule has 0 saturated heterocycles. The second-order valence-electron chi connectivity index (χ2n) is 5.97. The van der Waals surface area contributed by atoms with Crippen LogP contribution < -0.4 is 11.1 Å². The first-order chi connectivity index (χ1) is 13.0. The van der Waals surface area contributed by atoms with Gasteiger partial charge in [0.15, 0.2) is 0 Å². The number of hydrogen-bond donors (Lipinski definition) is 3. The SMILES string of the molecule is NC(CCC(=O)NC(=O)COC(c1ccccc1)c1ccccc1)C(=O)O. The highest BCUT2D eigenvalue weighted by Gasteiger charge is 2.18. The third kappa shape index (κ3) is 6.65. The van der Waals surface area contributed by atoms with Gasteiger partial charge in [-0.3, -0.25) is 19.7 Å². The van der Waals surface area contributed by atoms with Crippen molar-refractivity contribution in [2.75, 3.05) is 6.61 Å². The van der Waals surface area contributed by atoms with Crippen molar-refractivity contribution in [2.24, 2.45) is 5.73 Å². The van der Waals surface area contributed by atoms with Crippen LogP contribution in [0.1, 0.15) is 30.1 Å². The quantitative estimate of drug-likeness (QED) is 0.617. The molecule has 0 heterocycles. The average Bonchev–Trinajstić information content (AvgIpc) is 2.67. The Morgan fingerprint density at radius 2 is 1.44 bits per heavy atom. The Bertz CT molecular complexity index is 725. The van der Waals surface area contributed by atoms with Crippen molar-refractivity contribution in [3.63, 3.8) is 0 Å². The summed E-state index contributed by atoms with van der Waals surface area (Å²) >= 11 is 0. The van der Waals surface area contributed by atoms with Crippen molar-refractivity contribution in [3.8, 4) is 0 Å². The number of rotatable bonds is 9. The van der Waals surface area contributed by atoms with Crippen LogP contribution in [0.4, 0.5) is 0 Å². The first-order valence-corrected chi connectivity index (χ1v) is 8.50. The minimum absolute atomic E-state index is 0.0496. The minimum atomic E-state index is -1.19. The van der Waals surface area contributed by atoms with E-state index in [1.54, 1.807) is 0 Å². The molecule has 0 aliphatic carbocycles. The summed E-state index contributed by atoms with van der Waals surface area (Å²) < 4.78 is 5.76. The molecule has 2 aromatic carbocycles. The minimum Gasteiger partial charge on any atom is -0.480 e.